The second-order valence-corrected chi connectivity index (χ2v) is 10.5. The first kappa shape index (κ1) is 27.9. The summed E-state index contributed by atoms with van der Waals surface area (Å²) in [5.41, 5.74) is 3.47. The predicted octanol–water partition coefficient (Wildman–Crippen LogP) is 4.79. The predicted molar refractivity (Wildman–Crippen MR) is 144 cm³/mol. The van der Waals surface area contributed by atoms with Crippen molar-refractivity contribution >= 4 is 21.6 Å². The topological polar surface area (TPSA) is 94.2 Å². The van der Waals surface area contributed by atoms with E-state index in [9.17, 15) is 13.2 Å². The lowest BCUT2D eigenvalue weighted by atomic mass is 10.0. The van der Waals surface area contributed by atoms with Gasteiger partial charge in [0, 0.05) is 6.07 Å². The van der Waals surface area contributed by atoms with Crippen LogP contribution in [0, 0.1) is 13.8 Å². The van der Waals surface area contributed by atoms with Crippen molar-refractivity contribution in [2.24, 2.45) is 0 Å². The van der Waals surface area contributed by atoms with Gasteiger partial charge < -0.3 is 19.5 Å². The molecule has 8 nitrogen and oxygen atoms in total. The molecule has 0 heterocycles. The van der Waals surface area contributed by atoms with Crippen LogP contribution in [0.2, 0.25) is 0 Å². The number of aryl methyl sites for hydroxylation is 2. The number of nitrogens with one attached hydrogen (secondary N) is 1. The number of carbonyl (C=O) groups excluding carboxylic acids is 1. The molecular weight excluding hydrogens is 492 g/mol. The smallest absolute Gasteiger partial charge is 0.264 e. The molecule has 0 aromatic heterocycles. The molecule has 0 radical (unpaired) electrons. The summed E-state index contributed by atoms with van der Waals surface area (Å²) >= 11 is 0. The van der Waals surface area contributed by atoms with Gasteiger partial charge in [-0.15, -0.1) is 0 Å². The Hall–Kier alpha value is -3.72. The van der Waals surface area contributed by atoms with Crippen molar-refractivity contribution in [1.29, 1.82) is 0 Å². The molecule has 0 saturated carbocycles. The van der Waals surface area contributed by atoms with E-state index in [2.05, 4.69) is 5.32 Å². The second-order valence-electron chi connectivity index (χ2n) is 8.60. The first-order valence-corrected chi connectivity index (χ1v) is 13.4. The molecule has 3 aromatic carbocycles. The first-order valence-electron chi connectivity index (χ1n) is 11.9. The number of hydrogen-bond donors (Lipinski definition) is 1. The minimum absolute atomic E-state index is 0.0331. The Bertz CT molecular complexity index is 1340. The van der Waals surface area contributed by atoms with E-state index in [0.717, 1.165) is 21.0 Å². The van der Waals surface area contributed by atoms with E-state index >= 15 is 0 Å². The molecule has 0 unspecified atom stereocenters. The third-order valence-electron chi connectivity index (χ3n) is 5.94. The third-order valence-corrected chi connectivity index (χ3v) is 7.71. The summed E-state index contributed by atoms with van der Waals surface area (Å²) in [5.74, 6) is 0.824. The van der Waals surface area contributed by atoms with E-state index in [4.69, 9.17) is 14.2 Å². The number of hydrogen-bond acceptors (Lipinski definition) is 6. The second kappa shape index (κ2) is 12.0. The summed E-state index contributed by atoms with van der Waals surface area (Å²) in [6, 6.07) is 16.6. The zero-order valence-electron chi connectivity index (χ0n) is 22.1. The van der Waals surface area contributed by atoms with Gasteiger partial charge in [-0.3, -0.25) is 9.10 Å². The zero-order valence-corrected chi connectivity index (χ0v) is 22.9. The Labute approximate surface area is 219 Å². The van der Waals surface area contributed by atoms with Gasteiger partial charge in [0.25, 0.3) is 10.0 Å². The van der Waals surface area contributed by atoms with Crippen LogP contribution in [0.25, 0.3) is 0 Å². The molecule has 0 bridgehead atoms. The van der Waals surface area contributed by atoms with Crippen LogP contribution < -0.4 is 23.8 Å². The van der Waals surface area contributed by atoms with Crippen molar-refractivity contribution in [3.8, 4) is 17.2 Å². The van der Waals surface area contributed by atoms with Crippen LogP contribution in [0.15, 0.2) is 65.6 Å². The SMILES string of the molecule is CCOc1ccc(N(CC(=O)N[C@H](C)c2ccc(C)cc2C)S(=O)(=O)c2ccc(OC)c(OC)c2)cc1. The molecule has 3 aromatic rings. The average molecular weight is 527 g/mol. The van der Waals surface area contributed by atoms with Gasteiger partial charge in [0.05, 0.1) is 37.5 Å². The van der Waals surface area contributed by atoms with Crippen molar-refractivity contribution in [3.05, 3.63) is 77.4 Å². The van der Waals surface area contributed by atoms with Gasteiger partial charge in [0.2, 0.25) is 5.91 Å². The van der Waals surface area contributed by atoms with E-state index in [-0.39, 0.29) is 16.7 Å². The van der Waals surface area contributed by atoms with Gasteiger partial charge in [0.1, 0.15) is 12.3 Å². The maximum atomic E-state index is 13.8. The number of amides is 1. The molecule has 0 fully saturated rings. The fraction of sp³-hybridized carbons (Fsp3) is 0.321. The fourth-order valence-electron chi connectivity index (χ4n) is 4.10. The molecule has 198 valence electrons. The van der Waals surface area contributed by atoms with Gasteiger partial charge in [-0.05, 0) is 75.2 Å². The summed E-state index contributed by atoms with van der Waals surface area (Å²) in [5, 5.41) is 2.94. The molecule has 9 heteroatoms. The summed E-state index contributed by atoms with van der Waals surface area (Å²) < 4.78 is 44.7. The van der Waals surface area contributed by atoms with Gasteiger partial charge in [-0.1, -0.05) is 23.8 Å². The highest BCUT2D eigenvalue weighted by atomic mass is 32.2. The molecule has 0 saturated heterocycles. The van der Waals surface area contributed by atoms with E-state index in [1.807, 2.05) is 45.9 Å². The standard InChI is InChI=1S/C28H34N2O6S/c1-7-36-23-11-9-22(10-12-23)30(37(32,33)24-13-15-26(34-5)27(17-24)35-6)18-28(31)29-21(4)25-14-8-19(2)16-20(25)3/h8-17,21H,7,18H2,1-6H3,(H,29,31)/t21-/m1/s1. The Morgan fingerprint density at radius 1 is 0.946 bits per heavy atom. The molecule has 0 aliphatic heterocycles. The van der Waals surface area contributed by atoms with Crippen LogP contribution in [0.5, 0.6) is 17.2 Å². The lowest BCUT2D eigenvalue weighted by molar-refractivity contribution is -0.120. The van der Waals surface area contributed by atoms with Crippen molar-refractivity contribution in [2.45, 2.75) is 38.6 Å². The van der Waals surface area contributed by atoms with E-state index in [1.165, 1.54) is 32.4 Å². The van der Waals surface area contributed by atoms with Crippen LogP contribution in [0.3, 0.4) is 0 Å². The van der Waals surface area contributed by atoms with E-state index in [1.54, 1.807) is 24.3 Å². The van der Waals surface area contributed by atoms with Gasteiger partial charge in [0.15, 0.2) is 11.5 Å². The normalized spacial score (nSPS) is 11.9. The van der Waals surface area contributed by atoms with Crippen LogP contribution in [-0.2, 0) is 14.8 Å². The largest absolute Gasteiger partial charge is 0.494 e. The molecule has 1 atom stereocenters. The molecule has 0 aliphatic carbocycles. The minimum atomic E-state index is -4.15. The maximum Gasteiger partial charge on any atom is 0.264 e. The molecule has 0 aliphatic rings. The molecule has 1 N–H and O–H groups in total. The zero-order chi connectivity index (χ0) is 27.2. The number of methoxy groups -OCH3 is 2. The molecule has 37 heavy (non-hydrogen) atoms. The van der Waals surface area contributed by atoms with Crippen LogP contribution in [-0.4, -0.2) is 41.7 Å². The summed E-state index contributed by atoms with van der Waals surface area (Å²) in [4.78, 5) is 13.1. The highest BCUT2D eigenvalue weighted by molar-refractivity contribution is 7.92. The van der Waals surface area contributed by atoms with E-state index < -0.39 is 22.5 Å². The Kier molecular flexibility index (Phi) is 9.04. The number of nitrogens with zero attached hydrogens (tertiary/aromatic N) is 1. The van der Waals surface area contributed by atoms with Crippen molar-refractivity contribution in [3.63, 3.8) is 0 Å². The van der Waals surface area contributed by atoms with Crippen molar-refractivity contribution in [2.75, 3.05) is 31.7 Å². The molecule has 1 amide bonds. The van der Waals surface area contributed by atoms with Crippen molar-refractivity contribution in [1.82, 2.24) is 5.32 Å². The number of rotatable bonds is 11. The van der Waals surface area contributed by atoms with Crippen molar-refractivity contribution < 1.29 is 27.4 Å². The average Bonchev–Trinajstić information content (AvgIpc) is 2.87. The quantitative estimate of drug-likeness (QED) is 0.386. The number of ether oxygens (including phenoxy) is 3. The molecular formula is C28H34N2O6S. The molecule has 0 spiro atoms. The first-order chi connectivity index (χ1) is 17.6. The highest BCUT2D eigenvalue weighted by Gasteiger charge is 2.29. The number of sulfonamides is 1. The third kappa shape index (κ3) is 6.54. The lowest BCUT2D eigenvalue weighted by Crippen LogP contribution is -2.41. The van der Waals surface area contributed by atoms with Gasteiger partial charge in [-0.25, -0.2) is 8.42 Å². The minimum Gasteiger partial charge on any atom is -0.494 e. The van der Waals surface area contributed by atoms with Crippen LogP contribution in [0.1, 0.15) is 36.6 Å². The van der Waals surface area contributed by atoms with E-state index in [0.29, 0.717) is 23.8 Å². The van der Waals surface area contributed by atoms with Gasteiger partial charge in [-0.2, -0.15) is 0 Å². The number of benzene rings is 3. The van der Waals surface area contributed by atoms with Crippen LogP contribution >= 0.6 is 0 Å². The Morgan fingerprint density at radius 3 is 2.22 bits per heavy atom. The summed E-state index contributed by atoms with van der Waals surface area (Å²) in [7, 11) is -1.25. The lowest BCUT2D eigenvalue weighted by Gasteiger charge is -2.26. The Balaban J connectivity index is 1.95. The van der Waals surface area contributed by atoms with Gasteiger partial charge >= 0.3 is 0 Å². The molecule has 3 rings (SSSR count). The number of carbonyl (C=O) groups is 1. The highest BCUT2D eigenvalue weighted by Crippen LogP contribution is 2.32. The van der Waals surface area contributed by atoms with Crippen LogP contribution in [0.4, 0.5) is 5.69 Å². The monoisotopic (exact) mass is 526 g/mol. The summed E-state index contributed by atoms with van der Waals surface area (Å²) in [6.07, 6.45) is 0. The summed E-state index contributed by atoms with van der Waals surface area (Å²) in [6.45, 7) is 7.79. The number of anilines is 1. The maximum absolute atomic E-state index is 13.8. The fourth-order valence-corrected chi connectivity index (χ4v) is 5.54. The Morgan fingerprint density at radius 2 is 1.62 bits per heavy atom.